The van der Waals surface area contributed by atoms with Gasteiger partial charge in [0.05, 0.1) is 13.0 Å². The van der Waals surface area contributed by atoms with Crippen molar-refractivity contribution < 1.29 is 14.3 Å². The lowest BCUT2D eigenvalue weighted by atomic mass is 10.0. The number of esters is 1. The first-order chi connectivity index (χ1) is 7.68. The molecule has 0 saturated heterocycles. The van der Waals surface area contributed by atoms with Crippen LogP contribution >= 0.6 is 0 Å². The van der Waals surface area contributed by atoms with Gasteiger partial charge < -0.3 is 9.47 Å². The number of methoxy groups -OCH3 is 2. The molecule has 0 heterocycles. The van der Waals surface area contributed by atoms with Crippen LogP contribution in [0.2, 0.25) is 0 Å². The quantitative estimate of drug-likeness (QED) is 0.730. The molecule has 3 atom stereocenters. The number of carbonyl (C=O) groups is 1. The fourth-order valence-corrected chi connectivity index (χ4v) is 2.61. The molecule has 0 aromatic heterocycles. The maximum absolute atomic E-state index is 11.6. The van der Waals surface area contributed by atoms with E-state index in [1.807, 2.05) is 37.3 Å². The maximum Gasteiger partial charge on any atom is 0.312 e. The van der Waals surface area contributed by atoms with Crippen molar-refractivity contribution in [1.82, 2.24) is 0 Å². The lowest BCUT2D eigenvalue weighted by Crippen LogP contribution is -2.18. The number of carbonyl (C=O) groups excluding carboxylic acids is 1. The summed E-state index contributed by atoms with van der Waals surface area (Å²) in [6, 6.07) is 9.84. The first-order valence-corrected chi connectivity index (χ1v) is 5.37. The number of hydrogen-bond donors (Lipinski definition) is 0. The molecule has 1 aromatic rings. The predicted octanol–water partition coefficient (Wildman–Crippen LogP) is 1.97. The second-order valence-electron chi connectivity index (χ2n) is 4.15. The Balaban J connectivity index is 2.34. The molecule has 0 unspecified atom stereocenters. The van der Waals surface area contributed by atoms with Crippen LogP contribution < -0.4 is 0 Å². The Morgan fingerprint density at radius 1 is 1.25 bits per heavy atom. The third-order valence-corrected chi connectivity index (χ3v) is 3.55. The van der Waals surface area contributed by atoms with Crippen LogP contribution in [0.25, 0.3) is 0 Å². The van der Waals surface area contributed by atoms with E-state index in [1.54, 1.807) is 7.11 Å². The highest BCUT2D eigenvalue weighted by molar-refractivity contribution is 5.79. The summed E-state index contributed by atoms with van der Waals surface area (Å²) < 4.78 is 10.4. The molecule has 0 spiro atoms. The van der Waals surface area contributed by atoms with Gasteiger partial charge in [-0.15, -0.1) is 0 Å². The van der Waals surface area contributed by atoms with E-state index in [9.17, 15) is 4.79 Å². The molecule has 0 N–H and O–H groups in total. The van der Waals surface area contributed by atoms with Crippen molar-refractivity contribution in [2.45, 2.75) is 12.5 Å². The molecule has 1 fully saturated rings. The largest absolute Gasteiger partial charge is 0.469 e. The highest BCUT2D eigenvalue weighted by Gasteiger charge is 2.68. The van der Waals surface area contributed by atoms with Crippen molar-refractivity contribution in [2.24, 2.45) is 11.8 Å². The second kappa shape index (κ2) is 3.91. The van der Waals surface area contributed by atoms with Crippen molar-refractivity contribution in [3.8, 4) is 0 Å². The molecule has 16 heavy (non-hydrogen) atoms. The molecule has 3 nitrogen and oxygen atoms in total. The molecule has 1 saturated carbocycles. The van der Waals surface area contributed by atoms with E-state index in [0.717, 1.165) is 5.56 Å². The normalized spacial score (nSPS) is 32.2. The van der Waals surface area contributed by atoms with Gasteiger partial charge in [-0.3, -0.25) is 4.79 Å². The number of rotatable bonds is 3. The van der Waals surface area contributed by atoms with Crippen LogP contribution in [0.5, 0.6) is 0 Å². The zero-order chi connectivity index (χ0) is 11.8. The molecule has 1 aliphatic carbocycles. The minimum atomic E-state index is -0.492. The summed E-state index contributed by atoms with van der Waals surface area (Å²) in [7, 11) is 3.06. The average molecular weight is 220 g/mol. The third kappa shape index (κ3) is 1.35. The smallest absolute Gasteiger partial charge is 0.312 e. The molecule has 0 aliphatic heterocycles. The molecule has 2 rings (SSSR count). The SMILES string of the molecule is COC(=O)[C@@H]1[C@@H](C)[C@]1(OC)c1ccccc1. The van der Waals surface area contributed by atoms with E-state index < -0.39 is 5.60 Å². The van der Waals surface area contributed by atoms with Crippen LogP contribution in [0.15, 0.2) is 30.3 Å². The van der Waals surface area contributed by atoms with Gasteiger partial charge >= 0.3 is 5.97 Å². The summed E-state index contributed by atoms with van der Waals surface area (Å²) in [5, 5.41) is 0. The topological polar surface area (TPSA) is 35.5 Å². The fraction of sp³-hybridized carbons (Fsp3) is 0.462. The summed E-state index contributed by atoms with van der Waals surface area (Å²) in [6.45, 7) is 2.01. The standard InChI is InChI=1S/C13H16O3/c1-9-11(12(14)15-2)13(9,16-3)10-7-5-4-6-8-10/h4-9,11H,1-3H3/t9-,11+,13+/m1/s1. The van der Waals surface area contributed by atoms with Crippen LogP contribution in [0.1, 0.15) is 12.5 Å². The third-order valence-electron chi connectivity index (χ3n) is 3.55. The molecule has 0 bridgehead atoms. The van der Waals surface area contributed by atoms with Crippen LogP contribution in [0.3, 0.4) is 0 Å². The lowest BCUT2D eigenvalue weighted by Gasteiger charge is -2.16. The molecule has 0 amide bonds. The minimum absolute atomic E-state index is 0.160. The number of hydrogen-bond acceptors (Lipinski definition) is 3. The van der Waals surface area contributed by atoms with Gasteiger partial charge in [0.2, 0.25) is 0 Å². The van der Waals surface area contributed by atoms with Gasteiger partial charge in [-0.2, -0.15) is 0 Å². The van der Waals surface area contributed by atoms with E-state index in [1.165, 1.54) is 7.11 Å². The minimum Gasteiger partial charge on any atom is -0.469 e. The monoisotopic (exact) mass is 220 g/mol. The van der Waals surface area contributed by atoms with Crippen LogP contribution in [0.4, 0.5) is 0 Å². The predicted molar refractivity (Wildman–Crippen MR) is 59.8 cm³/mol. The fourth-order valence-electron chi connectivity index (χ4n) is 2.61. The van der Waals surface area contributed by atoms with Gasteiger partial charge in [0, 0.05) is 13.0 Å². The Morgan fingerprint density at radius 3 is 2.38 bits per heavy atom. The van der Waals surface area contributed by atoms with Gasteiger partial charge in [-0.1, -0.05) is 37.3 Å². The molecule has 3 heteroatoms. The lowest BCUT2D eigenvalue weighted by molar-refractivity contribution is -0.144. The summed E-state index contributed by atoms with van der Waals surface area (Å²) in [5.74, 6) is -0.226. The van der Waals surface area contributed by atoms with Crippen LogP contribution in [-0.2, 0) is 19.9 Å². The van der Waals surface area contributed by atoms with Crippen molar-refractivity contribution in [3.63, 3.8) is 0 Å². The Morgan fingerprint density at radius 2 is 1.88 bits per heavy atom. The first-order valence-electron chi connectivity index (χ1n) is 5.37. The zero-order valence-electron chi connectivity index (χ0n) is 9.77. The van der Waals surface area contributed by atoms with E-state index in [-0.39, 0.29) is 17.8 Å². The Bertz CT molecular complexity index is 387. The maximum atomic E-state index is 11.6. The Labute approximate surface area is 95.4 Å². The van der Waals surface area contributed by atoms with Crippen molar-refractivity contribution in [3.05, 3.63) is 35.9 Å². The second-order valence-corrected chi connectivity index (χ2v) is 4.15. The molecular weight excluding hydrogens is 204 g/mol. The van der Waals surface area contributed by atoms with Crippen molar-refractivity contribution in [2.75, 3.05) is 14.2 Å². The van der Waals surface area contributed by atoms with Crippen LogP contribution in [-0.4, -0.2) is 20.2 Å². The molecular formula is C13H16O3. The van der Waals surface area contributed by atoms with Gasteiger partial charge in [-0.25, -0.2) is 0 Å². The van der Waals surface area contributed by atoms with E-state index in [0.29, 0.717) is 0 Å². The van der Waals surface area contributed by atoms with Crippen LogP contribution in [0, 0.1) is 11.8 Å². The summed E-state index contributed by atoms with van der Waals surface area (Å²) in [4.78, 5) is 11.6. The Hall–Kier alpha value is -1.35. The molecule has 0 radical (unpaired) electrons. The summed E-state index contributed by atoms with van der Waals surface area (Å²) >= 11 is 0. The van der Waals surface area contributed by atoms with Gasteiger partial charge in [0.1, 0.15) is 5.60 Å². The van der Waals surface area contributed by atoms with Gasteiger partial charge in [0.25, 0.3) is 0 Å². The Kier molecular flexibility index (Phi) is 2.72. The summed E-state index contributed by atoms with van der Waals surface area (Å²) in [5.41, 5.74) is 0.550. The molecule has 1 aromatic carbocycles. The van der Waals surface area contributed by atoms with Crippen molar-refractivity contribution >= 4 is 5.97 Å². The zero-order valence-corrected chi connectivity index (χ0v) is 9.77. The molecule has 1 aliphatic rings. The molecule has 86 valence electrons. The van der Waals surface area contributed by atoms with E-state index >= 15 is 0 Å². The van der Waals surface area contributed by atoms with E-state index in [4.69, 9.17) is 9.47 Å². The average Bonchev–Trinajstić information content (AvgIpc) is 2.96. The highest BCUT2D eigenvalue weighted by atomic mass is 16.5. The first kappa shape index (κ1) is 11.1. The van der Waals surface area contributed by atoms with E-state index in [2.05, 4.69) is 0 Å². The summed E-state index contributed by atoms with van der Waals surface area (Å²) in [6.07, 6.45) is 0. The van der Waals surface area contributed by atoms with Gasteiger partial charge in [0.15, 0.2) is 0 Å². The highest BCUT2D eigenvalue weighted by Crippen LogP contribution is 2.60. The van der Waals surface area contributed by atoms with Gasteiger partial charge in [-0.05, 0) is 5.56 Å². The number of benzene rings is 1. The van der Waals surface area contributed by atoms with Crippen molar-refractivity contribution in [1.29, 1.82) is 0 Å². The number of ether oxygens (including phenoxy) is 2.